The van der Waals surface area contributed by atoms with Crippen LogP contribution in [0.25, 0.3) is 0 Å². The SMILES string of the molecule is COc1cccc(CSC(N)=NC[C@H]2CCCO2)c1. The fourth-order valence-electron chi connectivity index (χ4n) is 1.95. The van der Waals surface area contributed by atoms with E-state index in [2.05, 4.69) is 11.1 Å². The Hall–Kier alpha value is -1.20. The van der Waals surface area contributed by atoms with E-state index in [-0.39, 0.29) is 6.10 Å². The average molecular weight is 280 g/mol. The summed E-state index contributed by atoms with van der Waals surface area (Å²) in [5.41, 5.74) is 7.08. The predicted octanol–water partition coefficient (Wildman–Crippen LogP) is 2.42. The molecule has 1 atom stereocenters. The lowest BCUT2D eigenvalue weighted by atomic mass is 10.2. The number of amidine groups is 1. The van der Waals surface area contributed by atoms with Crippen LogP contribution in [-0.4, -0.2) is 31.5 Å². The van der Waals surface area contributed by atoms with Crippen molar-refractivity contribution in [3.05, 3.63) is 29.8 Å². The van der Waals surface area contributed by atoms with Gasteiger partial charge in [0, 0.05) is 12.4 Å². The fourth-order valence-corrected chi connectivity index (χ4v) is 2.61. The number of nitrogens with zero attached hydrogens (tertiary/aromatic N) is 1. The number of rotatable bonds is 5. The van der Waals surface area contributed by atoms with Gasteiger partial charge < -0.3 is 15.2 Å². The molecule has 19 heavy (non-hydrogen) atoms. The number of hydrogen-bond acceptors (Lipinski definition) is 4. The van der Waals surface area contributed by atoms with Crippen molar-refractivity contribution < 1.29 is 9.47 Å². The first-order chi connectivity index (χ1) is 9.28. The zero-order valence-corrected chi connectivity index (χ0v) is 12.0. The Morgan fingerprint density at radius 3 is 3.21 bits per heavy atom. The maximum atomic E-state index is 5.90. The molecular weight excluding hydrogens is 260 g/mol. The molecule has 104 valence electrons. The summed E-state index contributed by atoms with van der Waals surface area (Å²) < 4.78 is 10.7. The van der Waals surface area contributed by atoms with Crippen LogP contribution in [0, 0.1) is 0 Å². The van der Waals surface area contributed by atoms with E-state index in [9.17, 15) is 0 Å². The monoisotopic (exact) mass is 280 g/mol. The fraction of sp³-hybridized carbons (Fsp3) is 0.500. The number of ether oxygens (including phenoxy) is 2. The molecule has 0 aliphatic carbocycles. The Balaban J connectivity index is 1.78. The minimum Gasteiger partial charge on any atom is -0.497 e. The molecule has 1 aliphatic heterocycles. The van der Waals surface area contributed by atoms with Crippen LogP contribution in [-0.2, 0) is 10.5 Å². The second-order valence-corrected chi connectivity index (χ2v) is 5.45. The molecule has 0 unspecified atom stereocenters. The van der Waals surface area contributed by atoms with Crippen molar-refractivity contribution in [3.8, 4) is 5.75 Å². The first-order valence-corrected chi connectivity index (χ1v) is 7.44. The van der Waals surface area contributed by atoms with Crippen molar-refractivity contribution in [2.45, 2.75) is 24.7 Å². The van der Waals surface area contributed by atoms with Crippen LogP contribution < -0.4 is 10.5 Å². The lowest BCUT2D eigenvalue weighted by Gasteiger charge is -2.07. The molecule has 1 fully saturated rings. The van der Waals surface area contributed by atoms with Gasteiger partial charge in [0.2, 0.25) is 0 Å². The van der Waals surface area contributed by atoms with Crippen LogP contribution in [0.4, 0.5) is 0 Å². The van der Waals surface area contributed by atoms with E-state index in [0.717, 1.165) is 31.0 Å². The molecule has 1 aliphatic rings. The summed E-state index contributed by atoms with van der Waals surface area (Å²) in [4.78, 5) is 4.36. The number of hydrogen-bond donors (Lipinski definition) is 1. The van der Waals surface area contributed by atoms with Gasteiger partial charge in [-0.05, 0) is 30.5 Å². The number of aliphatic imine (C=N–C) groups is 1. The van der Waals surface area contributed by atoms with Gasteiger partial charge in [0.1, 0.15) is 5.75 Å². The Labute approximate surface area is 118 Å². The van der Waals surface area contributed by atoms with Gasteiger partial charge >= 0.3 is 0 Å². The minimum atomic E-state index is 0.260. The molecule has 0 saturated carbocycles. The molecule has 5 heteroatoms. The van der Waals surface area contributed by atoms with Gasteiger partial charge in [0.15, 0.2) is 5.17 Å². The Morgan fingerprint density at radius 2 is 2.47 bits per heavy atom. The minimum absolute atomic E-state index is 0.260. The highest BCUT2D eigenvalue weighted by Crippen LogP contribution is 2.18. The van der Waals surface area contributed by atoms with Crippen molar-refractivity contribution in [2.75, 3.05) is 20.3 Å². The van der Waals surface area contributed by atoms with Gasteiger partial charge in [-0.2, -0.15) is 0 Å². The van der Waals surface area contributed by atoms with Gasteiger partial charge in [0.05, 0.1) is 19.8 Å². The predicted molar refractivity (Wildman–Crippen MR) is 79.8 cm³/mol. The summed E-state index contributed by atoms with van der Waals surface area (Å²) in [5.74, 6) is 1.67. The molecular formula is C14H20N2O2S. The van der Waals surface area contributed by atoms with Crippen molar-refractivity contribution in [1.82, 2.24) is 0 Å². The van der Waals surface area contributed by atoms with E-state index < -0.39 is 0 Å². The summed E-state index contributed by atoms with van der Waals surface area (Å²) in [7, 11) is 1.67. The molecule has 0 bridgehead atoms. The second-order valence-electron chi connectivity index (χ2n) is 4.45. The largest absolute Gasteiger partial charge is 0.497 e. The van der Waals surface area contributed by atoms with Crippen LogP contribution >= 0.6 is 11.8 Å². The van der Waals surface area contributed by atoms with Gasteiger partial charge in [-0.25, -0.2) is 0 Å². The van der Waals surface area contributed by atoms with E-state index in [1.807, 2.05) is 18.2 Å². The quantitative estimate of drug-likeness (QED) is 0.665. The zero-order chi connectivity index (χ0) is 13.5. The Kier molecular flexibility index (Phi) is 5.54. The maximum absolute atomic E-state index is 5.90. The van der Waals surface area contributed by atoms with Gasteiger partial charge in [0.25, 0.3) is 0 Å². The summed E-state index contributed by atoms with van der Waals surface area (Å²) in [6.45, 7) is 1.54. The molecule has 0 aromatic heterocycles. The van der Waals surface area contributed by atoms with Crippen LogP contribution in [0.15, 0.2) is 29.3 Å². The van der Waals surface area contributed by atoms with Gasteiger partial charge in [-0.3, -0.25) is 4.99 Å². The highest BCUT2D eigenvalue weighted by molar-refractivity contribution is 8.13. The third-order valence-corrected chi connectivity index (χ3v) is 3.90. The first kappa shape index (κ1) is 14.2. The van der Waals surface area contributed by atoms with Crippen LogP contribution in [0.5, 0.6) is 5.75 Å². The van der Waals surface area contributed by atoms with E-state index in [0.29, 0.717) is 11.7 Å². The molecule has 0 amide bonds. The topological polar surface area (TPSA) is 56.8 Å². The summed E-state index contributed by atoms with van der Waals surface area (Å²) in [6.07, 6.45) is 2.49. The van der Waals surface area contributed by atoms with Crippen LogP contribution in [0.2, 0.25) is 0 Å². The van der Waals surface area contributed by atoms with Crippen LogP contribution in [0.3, 0.4) is 0 Å². The normalized spacial score (nSPS) is 19.6. The van der Waals surface area contributed by atoms with E-state index in [4.69, 9.17) is 15.2 Å². The average Bonchev–Trinajstić information content (AvgIpc) is 2.96. The second kappa shape index (κ2) is 7.40. The number of methoxy groups -OCH3 is 1. The van der Waals surface area contributed by atoms with Gasteiger partial charge in [-0.1, -0.05) is 23.9 Å². The van der Waals surface area contributed by atoms with E-state index in [1.165, 1.54) is 5.56 Å². The summed E-state index contributed by atoms with van der Waals surface area (Å²) in [5, 5.41) is 0.623. The maximum Gasteiger partial charge on any atom is 0.154 e. The van der Waals surface area contributed by atoms with E-state index >= 15 is 0 Å². The first-order valence-electron chi connectivity index (χ1n) is 6.45. The zero-order valence-electron chi connectivity index (χ0n) is 11.2. The molecule has 4 nitrogen and oxygen atoms in total. The molecule has 0 radical (unpaired) electrons. The number of thioether (sulfide) groups is 1. The molecule has 1 aromatic carbocycles. The summed E-state index contributed by atoms with van der Waals surface area (Å²) in [6, 6.07) is 7.99. The smallest absolute Gasteiger partial charge is 0.154 e. The Bertz CT molecular complexity index is 431. The van der Waals surface area contributed by atoms with Crippen molar-refractivity contribution in [3.63, 3.8) is 0 Å². The molecule has 1 heterocycles. The highest BCUT2D eigenvalue weighted by Gasteiger charge is 2.14. The molecule has 1 saturated heterocycles. The van der Waals surface area contributed by atoms with E-state index in [1.54, 1.807) is 18.9 Å². The molecule has 2 rings (SSSR count). The van der Waals surface area contributed by atoms with Crippen molar-refractivity contribution in [2.24, 2.45) is 10.7 Å². The standard InChI is InChI=1S/C14H20N2O2S/c1-17-12-5-2-4-11(8-12)10-19-14(15)16-9-13-6-3-7-18-13/h2,4-5,8,13H,3,6-7,9-10H2,1H3,(H2,15,16)/t13-/m1/s1. The highest BCUT2D eigenvalue weighted by atomic mass is 32.2. The van der Waals surface area contributed by atoms with Crippen molar-refractivity contribution >= 4 is 16.9 Å². The van der Waals surface area contributed by atoms with Crippen molar-refractivity contribution in [1.29, 1.82) is 0 Å². The Morgan fingerprint density at radius 1 is 1.58 bits per heavy atom. The lowest BCUT2D eigenvalue weighted by molar-refractivity contribution is 0.118. The number of benzene rings is 1. The lowest BCUT2D eigenvalue weighted by Crippen LogP contribution is -2.14. The van der Waals surface area contributed by atoms with Crippen LogP contribution in [0.1, 0.15) is 18.4 Å². The molecule has 0 spiro atoms. The molecule has 1 aromatic rings. The summed E-state index contributed by atoms with van der Waals surface area (Å²) >= 11 is 1.55. The molecule has 2 N–H and O–H groups in total. The third-order valence-electron chi connectivity index (χ3n) is 3.00. The third kappa shape index (κ3) is 4.76. The number of nitrogens with two attached hydrogens (primary N) is 1. The van der Waals surface area contributed by atoms with Gasteiger partial charge in [-0.15, -0.1) is 0 Å².